The molecule has 17 heavy (non-hydrogen) atoms. The molecule has 0 fully saturated rings. The molecular weight excluding hydrogens is 236 g/mol. The first-order chi connectivity index (χ1) is 8.40. The molecule has 0 amide bonds. The molecule has 0 aliphatic carbocycles. The van der Waals surface area contributed by atoms with E-state index in [0.717, 1.165) is 16.6 Å². The molecule has 3 aromatic rings. The summed E-state index contributed by atoms with van der Waals surface area (Å²) >= 11 is 5.53. The Morgan fingerprint density at radius 1 is 0.941 bits per heavy atom. The minimum atomic E-state index is 0.696. The molecule has 0 atom stereocenters. The lowest BCUT2D eigenvalue weighted by Gasteiger charge is -2.03. The van der Waals surface area contributed by atoms with E-state index in [1.54, 1.807) is 0 Å². The number of para-hydroxylation sites is 2. The Hall–Kier alpha value is -2.00. The van der Waals surface area contributed by atoms with Gasteiger partial charge >= 0.3 is 0 Å². The van der Waals surface area contributed by atoms with Crippen molar-refractivity contribution in [1.29, 1.82) is 0 Å². The maximum absolute atomic E-state index is 5.53. The van der Waals surface area contributed by atoms with Gasteiger partial charge in [-0.1, -0.05) is 42.5 Å². The van der Waals surface area contributed by atoms with E-state index in [9.17, 15) is 0 Å². The molecule has 0 bridgehead atoms. The van der Waals surface area contributed by atoms with Crippen LogP contribution in [0.2, 0.25) is 0 Å². The highest BCUT2D eigenvalue weighted by molar-refractivity contribution is 6.08. The van der Waals surface area contributed by atoms with Crippen LogP contribution in [0.4, 0.5) is 0 Å². The summed E-state index contributed by atoms with van der Waals surface area (Å²) in [5.41, 5.74) is 2.66. The summed E-state index contributed by atoms with van der Waals surface area (Å²) < 4.78 is 6.40. The maximum Gasteiger partial charge on any atom is 0.178 e. The second-order valence-corrected chi connectivity index (χ2v) is 3.79. The third kappa shape index (κ3) is 1.65. The Morgan fingerprint density at radius 3 is 2.41 bits per heavy atom. The average molecular weight is 245 g/mol. The largest absolute Gasteiger partial charge is 0.294 e. The minimum Gasteiger partial charge on any atom is -0.294 e. The second kappa shape index (κ2) is 4.11. The standard InChI is InChI=1S/C13H9ClN2O/c14-17-16-12-9-5-4-8-11(12)15-13(16)10-6-2-1-3-7-10/h1-9H. The number of rotatable bonds is 2. The fourth-order valence-corrected chi connectivity index (χ4v) is 1.98. The van der Waals surface area contributed by atoms with Crippen LogP contribution in [0.3, 0.4) is 0 Å². The number of nitrogens with zero attached hydrogens (tertiary/aromatic N) is 2. The topological polar surface area (TPSA) is 27.1 Å². The van der Waals surface area contributed by atoms with Crippen molar-refractivity contribution in [3.05, 3.63) is 54.6 Å². The van der Waals surface area contributed by atoms with Crippen molar-refractivity contribution >= 4 is 22.9 Å². The van der Waals surface area contributed by atoms with Gasteiger partial charge < -0.3 is 0 Å². The Morgan fingerprint density at radius 2 is 1.65 bits per heavy atom. The van der Waals surface area contributed by atoms with Gasteiger partial charge in [-0.3, -0.25) is 4.39 Å². The molecule has 0 saturated heterocycles. The van der Waals surface area contributed by atoms with E-state index >= 15 is 0 Å². The lowest BCUT2D eigenvalue weighted by Crippen LogP contribution is -2.02. The molecule has 2 aromatic carbocycles. The number of benzene rings is 2. The summed E-state index contributed by atoms with van der Waals surface area (Å²) in [6, 6.07) is 17.5. The predicted molar refractivity (Wildman–Crippen MR) is 67.6 cm³/mol. The lowest BCUT2D eigenvalue weighted by atomic mass is 10.2. The molecule has 3 rings (SSSR count). The summed E-state index contributed by atoms with van der Waals surface area (Å²) in [5.74, 6) is 0.696. The molecule has 1 aromatic heterocycles. The van der Waals surface area contributed by atoms with Crippen LogP contribution < -0.4 is 4.39 Å². The summed E-state index contributed by atoms with van der Waals surface area (Å²) in [4.78, 5) is 4.51. The van der Waals surface area contributed by atoms with Gasteiger partial charge in [0.25, 0.3) is 0 Å². The van der Waals surface area contributed by atoms with Crippen LogP contribution in [0.15, 0.2) is 54.6 Å². The number of hydrogen-bond donors (Lipinski definition) is 0. The van der Waals surface area contributed by atoms with Crippen LogP contribution in [0.1, 0.15) is 0 Å². The highest BCUT2D eigenvalue weighted by Crippen LogP contribution is 2.23. The fourth-order valence-electron chi connectivity index (χ4n) is 1.84. The smallest absolute Gasteiger partial charge is 0.178 e. The first-order valence-corrected chi connectivity index (χ1v) is 5.53. The van der Waals surface area contributed by atoms with Crippen LogP contribution in [0.5, 0.6) is 0 Å². The molecule has 84 valence electrons. The lowest BCUT2D eigenvalue weighted by molar-refractivity contribution is 0.323. The molecule has 1 heterocycles. The van der Waals surface area contributed by atoms with Crippen molar-refractivity contribution in [1.82, 2.24) is 9.71 Å². The monoisotopic (exact) mass is 244 g/mol. The van der Waals surface area contributed by atoms with Crippen LogP contribution in [0.25, 0.3) is 22.4 Å². The number of halogens is 1. The number of imidazole rings is 1. The average Bonchev–Trinajstić information content (AvgIpc) is 2.78. The van der Waals surface area contributed by atoms with Crippen molar-refractivity contribution < 1.29 is 4.39 Å². The fraction of sp³-hybridized carbons (Fsp3) is 0. The molecule has 0 radical (unpaired) electrons. The van der Waals surface area contributed by atoms with E-state index in [2.05, 4.69) is 4.98 Å². The quantitative estimate of drug-likeness (QED) is 0.692. The normalized spacial score (nSPS) is 10.6. The van der Waals surface area contributed by atoms with Crippen molar-refractivity contribution in [2.45, 2.75) is 0 Å². The van der Waals surface area contributed by atoms with Crippen molar-refractivity contribution in [3.8, 4) is 11.4 Å². The van der Waals surface area contributed by atoms with Crippen LogP contribution in [0, 0.1) is 0 Å². The molecule has 0 N–H and O–H groups in total. The molecule has 0 aliphatic heterocycles. The third-order valence-electron chi connectivity index (χ3n) is 2.62. The molecule has 0 spiro atoms. The van der Waals surface area contributed by atoms with E-state index in [-0.39, 0.29) is 0 Å². The Kier molecular flexibility index (Phi) is 2.46. The Balaban J connectivity index is 2.30. The van der Waals surface area contributed by atoms with E-state index in [0.29, 0.717) is 5.82 Å². The number of fused-ring (bicyclic) bond motifs is 1. The number of hydrogen-bond acceptors (Lipinski definition) is 2. The highest BCUT2D eigenvalue weighted by Gasteiger charge is 2.12. The highest BCUT2D eigenvalue weighted by atomic mass is 35.5. The van der Waals surface area contributed by atoms with E-state index in [1.807, 2.05) is 54.6 Å². The van der Waals surface area contributed by atoms with E-state index in [1.165, 1.54) is 4.73 Å². The van der Waals surface area contributed by atoms with Crippen LogP contribution in [-0.2, 0) is 0 Å². The van der Waals surface area contributed by atoms with Crippen molar-refractivity contribution in [2.24, 2.45) is 0 Å². The maximum atomic E-state index is 5.53. The van der Waals surface area contributed by atoms with Gasteiger partial charge in [0.1, 0.15) is 5.52 Å². The minimum absolute atomic E-state index is 0.696. The molecule has 0 saturated carbocycles. The van der Waals surface area contributed by atoms with Crippen molar-refractivity contribution in [2.75, 3.05) is 0 Å². The first kappa shape index (κ1) is 10.2. The Bertz CT molecular complexity index is 649. The number of aromatic nitrogens is 2. The van der Waals surface area contributed by atoms with Gasteiger partial charge in [-0.2, -0.15) is 0 Å². The van der Waals surface area contributed by atoms with Gasteiger partial charge in [0.15, 0.2) is 17.7 Å². The zero-order valence-corrected chi connectivity index (χ0v) is 9.63. The summed E-state index contributed by atoms with van der Waals surface area (Å²) in [6.45, 7) is 0. The zero-order chi connectivity index (χ0) is 11.7. The zero-order valence-electron chi connectivity index (χ0n) is 8.88. The SMILES string of the molecule is ClOn1c(-c2ccccc2)nc2ccccc21. The molecule has 0 aliphatic rings. The van der Waals surface area contributed by atoms with Gasteiger partial charge in [0.2, 0.25) is 0 Å². The van der Waals surface area contributed by atoms with Crippen molar-refractivity contribution in [3.63, 3.8) is 0 Å². The molecule has 4 heteroatoms. The van der Waals surface area contributed by atoms with Crippen LogP contribution >= 0.6 is 11.9 Å². The summed E-state index contributed by atoms with van der Waals surface area (Å²) in [5, 5.41) is 0. The van der Waals surface area contributed by atoms with Gasteiger partial charge in [0.05, 0.1) is 5.52 Å². The van der Waals surface area contributed by atoms with Gasteiger partial charge in [-0.25, -0.2) is 4.98 Å². The third-order valence-corrected chi connectivity index (χ3v) is 2.76. The molecule has 3 nitrogen and oxygen atoms in total. The van der Waals surface area contributed by atoms with Gasteiger partial charge in [-0.05, 0) is 12.1 Å². The van der Waals surface area contributed by atoms with Gasteiger partial charge in [-0.15, -0.1) is 4.73 Å². The van der Waals surface area contributed by atoms with E-state index in [4.69, 9.17) is 16.3 Å². The van der Waals surface area contributed by atoms with E-state index < -0.39 is 0 Å². The van der Waals surface area contributed by atoms with Gasteiger partial charge in [0, 0.05) is 5.56 Å². The predicted octanol–water partition coefficient (Wildman–Crippen LogP) is 3.29. The summed E-state index contributed by atoms with van der Waals surface area (Å²) in [7, 11) is 0. The Labute approximate surface area is 103 Å². The first-order valence-electron chi connectivity index (χ1n) is 5.22. The summed E-state index contributed by atoms with van der Waals surface area (Å²) in [6.07, 6.45) is 0. The molecular formula is C13H9ClN2O. The molecule has 0 unspecified atom stereocenters. The van der Waals surface area contributed by atoms with Crippen LogP contribution in [-0.4, -0.2) is 9.71 Å². The second-order valence-electron chi connectivity index (χ2n) is 3.65.